The van der Waals surface area contributed by atoms with E-state index < -0.39 is 5.91 Å². The Morgan fingerprint density at radius 1 is 1.22 bits per heavy atom. The molecule has 1 heterocycles. The fourth-order valence-electron chi connectivity index (χ4n) is 1.53. The first kappa shape index (κ1) is 11.9. The van der Waals surface area contributed by atoms with Crippen LogP contribution < -0.4 is 5.32 Å². The van der Waals surface area contributed by atoms with Gasteiger partial charge in [0.25, 0.3) is 5.91 Å². The number of hydrogen-bond donors (Lipinski definition) is 3. The van der Waals surface area contributed by atoms with Gasteiger partial charge in [0.05, 0.1) is 17.4 Å². The maximum Gasteiger partial charge on any atom is 0.259 e. The molecule has 0 spiro atoms. The summed E-state index contributed by atoms with van der Waals surface area (Å²) in [7, 11) is 0. The fraction of sp³-hybridized carbons (Fsp3) is 0.0769. The number of hydrogen-bond acceptors (Lipinski definition) is 4. The van der Waals surface area contributed by atoms with Crippen LogP contribution in [-0.4, -0.2) is 21.1 Å². The van der Waals surface area contributed by atoms with Gasteiger partial charge in [-0.3, -0.25) is 9.78 Å². The summed E-state index contributed by atoms with van der Waals surface area (Å²) in [5.41, 5.74) is 1.56. The Bertz CT molecular complexity index is 597. The summed E-state index contributed by atoms with van der Waals surface area (Å²) in [6.07, 6.45) is 3.19. The number of aromatic nitrogens is 1. The van der Waals surface area contributed by atoms with Crippen LogP contribution >= 0.6 is 0 Å². The van der Waals surface area contributed by atoms with Crippen molar-refractivity contribution >= 4 is 11.6 Å². The minimum atomic E-state index is -0.458. The minimum Gasteiger partial charge on any atom is -0.508 e. The molecule has 3 N–H and O–H groups in total. The maximum absolute atomic E-state index is 11.9. The zero-order valence-corrected chi connectivity index (χ0v) is 9.71. The Kier molecular flexibility index (Phi) is 3.14. The van der Waals surface area contributed by atoms with E-state index in [0.29, 0.717) is 5.69 Å². The number of aromatic hydroxyl groups is 2. The highest BCUT2D eigenvalue weighted by Gasteiger charge is 2.11. The summed E-state index contributed by atoms with van der Waals surface area (Å²) in [5.74, 6) is -0.825. The van der Waals surface area contributed by atoms with Gasteiger partial charge in [-0.2, -0.15) is 0 Å². The first-order chi connectivity index (χ1) is 8.56. The monoisotopic (exact) mass is 244 g/mol. The summed E-state index contributed by atoms with van der Waals surface area (Å²) < 4.78 is 0. The third kappa shape index (κ3) is 2.57. The Morgan fingerprint density at radius 3 is 2.67 bits per heavy atom. The Morgan fingerprint density at radius 2 is 2.00 bits per heavy atom. The van der Waals surface area contributed by atoms with Gasteiger partial charge in [0.1, 0.15) is 11.5 Å². The van der Waals surface area contributed by atoms with Gasteiger partial charge in [-0.25, -0.2) is 0 Å². The van der Waals surface area contributed by atoms with Crippen molar-refractivity contribution in [1.82, 2.24) is 4.98 Å². The number of pyridine rings is 1. The van der Waals surface area contributed by atoms with Gasteiger partial charge in [-0.05, 0) is 30.7 Å². The number of rotatable bonds is 2. The van der Waals surface area contributed by atoms with Gasteiger partial charge in [0.2, 0.25) is 0 Å². The molecule has 18 heavy (non-hydrogen) atoms. The largest absolute Gasteiger partial charge is 0.508 e. The van der Waals surface area contributed by atoms with Crippen molar-refractivity contribution in [1.29, 1.82) is 0 Å². The average Bonchev–Trinajstić information content (AvgIpc) is 2.28. The lowest BCUT2D eigenvalue weighted by Crippen LogP contribution is -2.12. The summed E-state index contributed by atoms with van der Waals surface area (Å²) in [4.78, 5) is 15.8. The van der Waals surface area contributed by atoms with Crippen LogP contribution in [0.15, 0.2) is 36.7 Å². The second kappa shape index (κ2) is 4.75. The molecule has 0 saturated heterocycles. The number of anilines is 1. The molecular weight excluding hydrogens is 232 g/mol. The molecule has 5 nitrogen and oxygen atoms in total. The first-order valence-corrected chi connectivity index (χ1v) is 5.31. The van der Waals surface area contributed by atoms with E-state index in [1.807, 2.05) is 6.92 Å². The number of amides is 1. The molecular formula is C13H12N2O3. The van der Waals surface area contributed by atoms with E-state index in [0.717, 1.165) is 11.6 Å². The topological polar surface area (TPSA) is 82.5 Å². The van der Waals surface area contributed by atoms with Crippen molar-refractivity contribution in [3.8, 4) is 11.5 Å². The fourth-order valence-corrected chi connectivity index (χ4v) is 1.53. The molecule has 1 aromatic carbocycles. The van der Waals surface area contributed by atoms with E-state index >= 15 is 0 Å². The van der Waals surface area contributed by atoms with Crippen LogP contribution in [-0.2, 0) is 0 Å². The molecule has 0 fully saturated rings. The average molecular weight is 244 g/mol. The lowest BCUT2D eigenvalue weighted by atomic mass is 10.1. The van der Waals surface area contributed by atoms with Gasteiger partial charge in [-0.1, -0.05) is 0 Å². The second-order valence-electron chi connectivity index (χ2n) is 3.91. The van der Waals surface area contributed by atoms with Crippen LogP contribution in [0.5, 0.6) is 11.5 Å². The number of carbonyl (C=O) groups excluding carboxylic acids is 1. The number of benzene rings is 1. The zero-order valence-electron chi connectivity index (χ0n) is 9.71. The maximum atomic E-state index is 11.9. The first-order valence-electron chi connectivity index (χ1n) is 5.31. The zero-order chi connectivity index (χ0) is 13.1. The third-order valence-corrected chi connectivity index (χ3v) is 2.36. The minimum absolute atomic E-state index is 0.0920. The van der Waals surface area contributed by atoms with Crippen molar-refractivity contribution < 1.29 is 15.0 Å². The highest BCUT2D eigenvalue weighted by Crippen LogP contribution is 2.23. The quantitative estimate of drug-likeness (QED) is 0.755. The van der Waals surface area contributed by atoms with Gasteiger partial charge < -0.3 is 15.5 Å². The van der Waals surface area contributed by atoms with Crippen LogP contribution in [0, 0.1) is 6.92 Å². The molecule has 0 saturated carbocycles. The van der Waals surface area contributed by atoms with Crippen LogP contribution in [0.1, 0.15) is 15.9 Å². The molecule has 0 radical (unpaired) electrons. The summed E-state index contributed by atoms with van der Waals surface area (Å²) in [5, 5.41) is 21.3. The van der Waals surface area contributed by atoms with Crippen LogP contribution in [0.25, 0.3) is 0 Å². The summed E-state index contributed by atoms with van der Waals surface area (Å²) in [6, 6.07) is 5.57. The van der Waals surface area contributed by atoms with Crippen LogP contribution in [0.3, 0.4) is 0 Å². The molecule has 0 bridgehead atoms. The van der Waals surface area contributed by atoms with Crippen LogP contribution in [0.2, 0.25) is 0 Å². The van der Waals surface area contributed by atoms with E-state index in [-0.39, 0.29) is 17.1 Å². The van der Waals surface area contributed by atoms with Crippen molar-refractivity contribution in [2.45, 2.75) is 6.92 Å². The van der Waals surface area contributed by atoms with E-state index in [4.69, 9.17) is 5.11 Å². The van der Waals surface area contributed by atoms with Crippen molar-refractivity contribution in [3.63, 3.8) is 0 Å². The molecule has 1 amide bonds. The smallest absolute Gasteiger partial charge is 0.259 e. The van der Waals surface area contributed by atoms with Crippen molar-refractivity contribution in [2.75, 3.05) is 5.32 Å². The van der Waals surface area contributed by atoms with Crippen molar-refractivity contribution in [3.05, 3.63) is 47.8 Å². The van der Waals surface area contributed by atoms with E-state index in [1.54, 1.807) is 12.3 Å². The molecule has 2 aromatic rings. The molecule has 0 unspecified atom stereocenters. The highest BCUT2D eigenvalue weighted by atomic mass is 16.3. The molecule has 0 aliphatic rings. The number of nitrogens with zero attached hydrogens (tertiary/aromatic N) is 1. The summed E-state index contributed by atoms with van der Waals surface area (Å²) in [6.45, 7) is 1.86. The van der Waals surface area contributed by atoms with Gasteiger partial charge in [0.15, 0.2) is 0 Å². The molecule has 2 rings (SSSR count). The Labute approximate surface area is 104 Å². The highest BCUT2D eigenvalue weighted by molar-refractivity contribution is 6.06. The third-order valence-electron chi connectivity index (χ3n) is 2.36. The number of nitrogens with one attached hydrogen (secondary N) is 1. The molecule has 0 aliphatic carbocycles. The number of carbonyl (C=O) groups is 1. The molecule has 5 heteroatoms. The predicted molar refractivity (Wildman–Crippen MR) is 66.7 cm³/mol. The lowest BCUT2D eigenvalue weighted by molar-refractivity contribution is 0.102. The lowest BCUT2D eigenvalue weighted by Gasteiger charge is -2.07. The normalized spacial score (nSPS) is 10.1. The predicted octanol–water partition coefficient (Wildman–Crippen LogP) is 2.05. The summed E-state index contributed by atoms with van der Waals surface area (Å²) >= 11 is 0. The SMILES string of the molecule is Cc1cncc(NC(=O)c2ccc(O)cc2O)c1. The number of aryl methyl sites for hydroxylation is 1. The molecule has 0 aliphatic heterocycles. The molecule has 1 aromatic heterocycles. The van der Waals surface area contributed by atoms with Gasteiger partial charge in [0, 0.05) is 12.3 Å². The second-order valence-corrected chi connectivity index (χ2v) is 3.91. The molecule has 0 atom stereocenters. The van der Waals surface area contributed by atoms with Crippen molar-refractivity contribution in [2.24, 2.45) is 0 Å². The standard InChI is InChI=1S/C13H12N2O3/c1-8-4-9(7-14-6-8)15-13(18)11-3-2-10(16)5-12(11)17/h2-7,16-17H,1H3,(H,15,18). The Hall–Kier alpha value is -2.56. The van der Waals surface area contributed by atoms with E-state index in [9.17, 15) is 9.90 Å². The van der Waals surface area contributed by atoms with E-state index in [2.05, 4.69) is 10.3 Å². The number of phenols is 2. The van der Waals surface area contributed by atoms with Gasteiger partial charge >= 0.3 is 0 Å². The Balaban J connectivity index is 2.22. The van der Waals surface area contributed by atoms with Gasteiger partial charge in [-0.15, -0.1) is 0 Å². The van der Waals surface area contributed by atoms with E-state index in [1.165, 1.54) is 18.3 Å². The van der Waals surface area contributed by atoms with Crippen LogP contribution in [0.4, 0.5) is 5.69 Å². The number of phenolic OH excluding ortho intramolecular Hbond substituents is 2. The molecule has 92 valence electrons.